The first-order valence-corrected chi connectivity index (χ1v) is 7.37. The molecule has 1 aromatic carbocycles. The standard InChI is InChI=1S/C13H21NO2S/c1-12(8-9-14)17(15)11-5-10-16-13-6-3-2-4-7-13/h2-4,6-7,12H,5,8-11,14H2,1H3. The molecule has 0 spiro atoms. The lowest BCUT2D eigenvalue weighted by Gasteiger charge is -2.10. The van der Waals surface area contributed by atoms with Crippen molar-refractivity contribution < 1.29 is 8.95 Å². The van der Waals surface area contributed by atoms with Gasteiger partial charge in [0, 0.05) is 21.8 Å². The van der Waals surface area contributed by atoms with Gasteiger partial charge in [-0.1, -0.05) is 25.1 Å². The Morgan fingerprint density at radius 3 is 2.71 bits per heavy atom. The smallest absolute Gasteiger partial charge is 0.119 e. The maximum Gasteiger partial charge on any atom is 0.119 e. The first-order chi connectivity index (χ1) is 8.24. The third kappa shape index (κ3) is 5.84. The Morgan fingerprint density at radius 2 is 2.06 bits per heavy atom. The molecule has 1 aromatic rings. The van der Waals surface area contributed by atoms with E-state index in [1.807, 2.05) is 37.3 Å². The van der Waals surface area contributed by atoms with E-state index < -0.39 is 10.8 Å². The highest BCUT2D eigenvalue weighted by atomic mass is 32.2. The quantitative estimate of drug-likeness (QED) is 0.722. The minimum Gasteiger partial charge on any atom is -0.494 e. The number of hydrogen-bond donors (Lipinski definition) is 1. The molecule has 0 aliphatic heterocycles. The van der Waals surface area contributed by atoms with Crippen molar-refractivity contribution in [2.75, 3.05) is 18.9 Å². The van der Waals surface area contributed by atoms with Gasteiger partial charge in [-0.3, -0.25) is 4.21 Å². The Labute approximate surface area is 106 Å². The van der Waals surface area contributed by atoms with E-state index in [9.17, 15) is 4.21 Å². The van der Waals surface area contributed by atoms with Crippen molar-refractivity contribution in [3.8, 4) is 5.75 Å². The fourth-order valence-corrected chi connectivity index (χ4v) is 2.68. The summed E-state index contributed by atoms with van der Waals surface area (Å²) in [6.45, 7) is 3.21. The predicted molar refractivity (Wildman–Crippen MR) is 72.7 cm³/mol. The Bertz CT molecular complexity index is 329. The molecule has 0 bridgehead atoms. The summed E-state index contributed by atoms with van der Waals surface area (Å²) >= 11 is 0. The highest BCUT2D eigenvalue weighted by Gasteiger charge is 2.09. The molecule has 0 fully saturated rings. The summed E-state index contributed by atoms with van der Waals surface area (Å²) in [5.74, 6) is 1.56. The largest absolute Gasteiger partial charge is 0.494 e. The summed E-state index contributed by atoms with van der Waals surface area (Å²) in [7, 11) is -0.783. The fraction of sp³-hybridized carbons (Fsp3) is 0.538. The summed E-state index contributed by atoms with van der Waals surface area (Å²) in [6.07, 6.45) is 1.64. The summed E-state index contributed by atoms with van der Waals surface area (Å²) < 4.78 is 17.3. The van der Waals surface area contributed by atoms with Gasteiger partial charge in [-0.2, -0.15) is 0 Å². The topological polar surface area (TPSA) is 52.3 Å². The van der Waals surface area contributed by atoms with E-state index in [-0.39, 0.29) is 5.25 Å². The van der Waals surface area contributed by atoms with Crippen molar-refractivity contribution in [1.82, 2.24) is 0 Å². The lowest BCUT2D eigenvalue weighted by atomic mass is 10.3. The van der Waals surface area contributed by atoms with E-state index in [2.05, 4.69) is 0 Å². The summed E-state index contributed by atoms with van der Waals surface area (Å²) in [4.78, 5) is 0. The van der Waals surface area contributed by atoms with E-state index in [0.717, 1.165) is 18.6 Å². The van der Waals surface area contributed by atoms with Gasteiger partial charge in [0.15, 0.2) is 0 Å². The summed E-state index contributed by atoms with van der Waals surface area (Å²) in [5, 5.41) is 0.191. The third-order valence-electron chi connectivity index (χ3n) is 2.52. The number of rotatable bonds is 8. The lowest BCUT2D eigenvalue weighted by molar-refractivity contribution is 0.318. The van der Waals surface area contributed by atoms with Gasteiger partial charge in [0.25, 0.3) is 0 Å². The fourth-order valence-electron chi connectivity index (χ4n) is 1.48. The van der Waals surface area contributed by atoms with Crippen LogP contribution in [0.25, 0.3) is 0 Å². The van der Waals surface area contributed by atoms with Gasteiger partial charge in [0.05, 0.1) is 6.61 Å². The van der Waals surface area contributed by atoms with Crippen LogP contribution in [0.2, 0.25) is 0 Å². The van der Waals surface area contributed by atoms with Crippen molar-refractivity contribution in [1.29, 1.82) is 0 Å². The average Bonchev–Trinajstić information content (AvgIpc) is 2.36. The van der Waals surface area contributed by atoms with Crippen LogP contribution in [-0.4, -0.2) is 28.4 Å². The van der Waals surface area contributed by atoms with Gasteiger partial charge in [-0.25, -0.2) is 0 Å². The highest BCUT2D eigenvalue weighted by molar-refractivity contribution is 7.85. The second kappa shape index (κ2) is 8.25. The van der Waals surface area contributed by atoms with E-state index >= 15 is 0 Å². The van der Waals surface area contributed by atoms with Gasteiger partial charge >= 0.3 is 0 Å². The minimum absolute atomic E-state index is 0.191. The van der Waals surface area contributed by atoms with Crippen molar-refractivity contribution >= 4 is 10.8 Å². The van der Waals surface area contributed by atoms with Gasteiger partial charge in [0.2, 0.25) is 0 Å². The molecule has 0 heterocycles. The molecule has 2 atom stereocenters. The molecule has 0 aromatic heterocycles. The molecular formula is C13H21NO2S. The molecule has 17 heavy (non-hydrogen) atoms. The maximum atomic E-state index is 11.7. The monoisotopic (exact) mass is 255 g/mol. The van der Waals surface area contributed by atoms with Gasteiger partial charge in [-0.15, -0.1) is 0 Å². The molecule has 0 saturated heterocycles. The van der Waals surface area contributed by atoms with E-state index in [4.69, 9.17) is 10.5 Å². The SMILES string of the molecule is CC(CCN)S(=O)CCCOc1ccccc1. The normalized spacial score (nSPS) is 14.2. The van der Waals surface area contributed by atoms with E-state index in [0.29, 0.717) is 18.9 Å². The van der Waals surface area contributed by atoms with Crippen LogP contribution in [0.15, 0.2) is 30.3 Å². The van der Waals surface area contributed by atoms with Crippen LogP contribution < -0.4 is 10.5 Å². The van der Waals surface area contributed by atoms with Crippen LogP contribution in [-0.2, 0) is 10.8 Å². The lowest BCUT2D eigenvalue weighted by Crippen LogP contribution is -2.19. The van der Waals surface area contributed by atoms with Crippen LogP contribution >= 0.6 is 0 Å². The average molecular weight is 255 g/mol. The van der Waals surface area contributed by atoms with Crippen molar-refractivity contribution in [3.05, 3.63) is 30.3 Å². The van der Waals surface area contributed by atoms with Crippen LogP contribution in [0.3, 0.4) is 0 Å². The Morgan fingerprint density at radius 1 is 1.35 bits per heavy atom. The molecule has 3 nitrogen and oxygen atoms in total. The molecule has 4 heteroatoms. The zero-order valence-corrected chi connectivity index (χ0v) is 11.1. The summed E-state index contributed by atoms with van der Waals surface area (Å²) in [6, 6.07) is 9.69. The maximum absolute atomic E-state index is 11.7. The zero-order valence-electron chi connectivity index (χ0n) is 10.3. The van der Waals surface area contributed by atoms with Crippen LogP contribution in [0.1, 0.15) is 19.8 Å². The molecule has 0 aliphatic rings. The van der Waals surface area contributed by atoms with Gasteiger partial charge in [0.1, 0.15) is 5.75 Å². The van der Waals surface area contributed by atoms with Crippen molar-refractivity contribution in [2.24, 2.45) is 5.73 Å². The minimum atomic E-state index is -0.783. The molecule has 1 rings (SSSR count). The third-order valence-corrected chi connectivity index (χ3v) is 4.35. The molecule has 2 unspecified atom stereocenters. The summed E-state index contributed by atoms with van der Waals surface area (Å²) in [5.41, 5.74) is 5.44. The molecule has 96 valence electrons. The van der Waals surface area contributed by atoms with Crippen molar-refractivity contribution in [2.45, 2.75) is 25.0 Å². The Balaban J connectivity index is 2.14. The Hall–Kier alpha value is -0.870. The van der Waals surface area contributed by atoms with Crippen molar-refractivity contribution in [3.63, 3.8) is 0 Å². The highest BCUT2D eigenvalue weighted by Crippen LogP contribution is 2.09. The molecule has 0 aliphatic carbocycles. The second-order valence-electron chi connectivity index (χ2n) is 3.99. The predicted octanol–water partition coefficient (Wildman–Crippen LogP) is 1.94. The first kappa shape index (κ1) is 14.2. The number of ether oxygens (including phenoxy) is 1. The first-order valence-electron chi connectivity index (χ1n) is 5.99. The Kier molecular flexibility index (Phi) is 6.89. The molecule has 0 saturated carbocycles. The van der Waals surface area contributed by atoms with Gasteiger partial charge in [-0.05, 0) is 31.5 Å². The number of nitrogens with two attached hydrogens (primary N) is 1. The molecular weight excluding hydrogens is 234 g/mol. The second-order valence-corrected chi connectivity index (χ2v) is 5.96. The molecule has 0 amide bonds. The van der Waals surface area contributed by atoms with Crippen LogP contribution in [0.5, 0.6) is 5.75 Å². The number of para-hydroxylation sites is 1. The number of benzene rings is 1. The van der Waals surface area contributed by atoms with E-state index in [1.165, 1.54) is 0 Å². The van der Waals surface area contributed by atoms with E-state index in [1.54, 1.807) is 0 Å². The number of hydrogen-bond acceptors (Lipinski definition) is 3. The zero-order chi connectivity index (χ0) is 12.5. The van der Waals surface area contributed by atoms with Crippen LogP contribution in [0.4, 0.5) is 0 Å². The molecule has 0 radical (unpaired) electrons. The van der Waals surface area contributed by atoms with Crippen LogP contribution in [0, 0.1) is 0 Å². The molecule has 2 N–H and O–H groups in total. The van der Waals surface area contributed by atoms with Gasteiger partial charge < -0.3 is 10.5 Å².